The van der Waals surface area contributed by atoms with Crippen LogP contribution in [0.2, 0.25) is 0 Å². The summed E-state index contributed by atoms with van der Waals surface area (Å²) in [5.74, 6) is 0. The molecule has 1 aromatic carbocycles. The highest BCUT2D eigenvalue weighted by Crippen LogP contribution is 2.20. The molecule has 0 bridgehead atoms. The van der Waals surface area contributed by atoms with Gasteiger partial charge >= 0.3 is 6.18 Å². The second kappa shape index (κ2) is 5.87. The maximum atomic E-state index is 12.4. The summed E-state index contributed by atoms with van der Waals surface area (Å²) in [5.41, 5.74) is 1.28. The third kappa shape index (κ3) is 4.76. The summed E-state index contributed by atoms with van der Waals surface area (Å²) in [7, 11) is 0. The molecule has 0 saturated heterocycles. The quantitative estimate of drug-likeness (QED) is 0.826. The summed E-state index contributed by atoms with van der Waals surface area (Å²) in [6.07, 6.45) is -4.20. The van der Waals surface area contributed by atoms with Gasteiger partial charge < -0.3 is 0 Å². The Kier molecular flexibility index (Phi) is 4.74. The van der Waals surface area contributed by atoms with E-state index in [1.807, 2.05) is 6.07 Å². The molecule has 0 aromatic heterocycles. The minimum Gasteiger partial charge on any atom is -0.288 e. The van der Waals surface area contributed by atoms with Gasteiger partial charge in [-0.3, -0.25) is 4.90 Å². The lowest BCUT2D eigenvalue weighted by Crippen LogP contribution is -2.38. The second-order valence-corrected chi connectivity index (χ2v) is 4.42. The first-order valence-electron chi connectivity index (χ1n) is 5.61. The number of hydrogen-bond donors (Lipinski definition) is 0. The molecule has 2 nitrogen and oxygen atoms in total. The lowest BCUT2D eigenvalue weighted by Gasteiger charge is -2.27. The van der Waals surface area contributed by atoms with Crippen molar-refractivity contribution in [2.45, 2.75) is 32.6 Å². The monoisotopic (exact) mass is 256 g/mol. The first-order chi connectivity index (χ1) is 8.31. The van der Waals surface area contributed by atoms with Crippen molar-refractivity contribution in [3.63, 3.8) is 0 Å². The topological polar surface area (TPSA) is 27.0 Å². The molecule has 18 heavy (non-hydrogen) atoms. The zero-order valence-corrected chi connectivity index (χ0v) is 10.3. The van der Waals surface area contributed by atoms with E-state index in [1.54, 1.807) is 38.1 Å². The molecule has 0 aliphatic carbocycles. The zero-order valence-electron chi connectivity index (χ0n) is 10.3. The first kappa shape index (κ1) is 14.5. The van der Waals surface area contributed by atoms with Gasteiger partial charge in [0.25, 0.3) is 0 Å². The molecule has 0 aliphatic heterocycles. The van der Waals surface area contributed by atoms with Gasteiger partial charge in [0, 0.05) is 12.6 Å². The summed E-state index contributed by atoms with van der Waals surface area (Å²) < 4.78 is 37.2. The van der Waals surface area contributed by atoms with Crippen molar-refractivity contribution in [1.29, 1.82) is 5.26 Å². The minimum atomic E-state index is -4.20. The van der Waals surface area contributed by atoms with E-state index in [9.17, 15) is 13.2 Å². The minimum absolute atomic E-state index is 0.192. The number of alkyl halides is 3. The summed E-state index contributed by atoms with van der Waals surface area (Å²) >= 11 is 0. The maximum Gasteiger partial charge on any atom is 0.401 e. The van der Waals surface area contributed by atoms with Gasteiger partial charge in [0.1, 0.15) is 0 Å². The van der Waals surface area contributed by atoms with Gasteiger partial charge in [-0.15, -0.1) is 0 Å². The average Bonchev–Trinajstić information content (AvgIpc) is 2.27. The van der Waals surface area contributed by atoms with Crippen molar-refractivity contribution >= 4 is 0 Å². The normalized spacial score (nSPS) is 11.9. The van der Waals surface area contributed by atoms with Crippen molar-refractivity contribution < 1.29 is 13.2 Å². The van der Waals surface area contributed by atoms with E-state index < -0.39 is 12.7 Å². The fourth-order valence-corrected chi connectivity index (χ4v) is 1.57. The van der Waals surface area contributed by atoms with E-state index in [0.717, 1.165) is 5.56 Å². The number of hydrogen-bond acceptors (Lipinski definition) is 2. The van der Waals surface area contributed by atoms with Crippen molar-refractivity contribution in [1.82, 2.24) is 4.90 Å². The van der Waals surface area contributed by atoms with Crippen molar-refractivity contribution in [3.05, 3.63) is 35.4 Å². The highest BCUT2D eigenvalue weighted by Gasteiger charge is 2.31. The highest BCUT2D eigenvalue weighted by molar-refractivity contribution is 5.31. The Hall–Kier alpha value is -1.54. The molecule has 0 spiro atoms. The molecule has 0 atom stereocenters. The number of nitrogens with zero attached hydrogens (tertiary/aromatic N) is 2. The second-order valence-electron chi connectivity index (χ2n) is 4.42. The molecule has 5 heteroatoms. The largest absolute Gasteiger partial charge is 0.401 e. The molecule has 0 unspecified atom stereocenters. The molecule has 0 amide bonds. The molecule has 0 saturated carbocycles. The number of benzene rings is 1. The Labute approximate surface area is 105 Å². The van der Waals surface area contributed by atoms with E-state index >= 15 is 0 Å². The predicted octanol–water partition coefficient (Wildman–Crippen LogP) is 3.33. The van der Waals surface area contributed by atoms with E-state index in [-0.39, 0.29) is 12.6 Å². The Morgan fingerprint density at radius 3 is 2.17 bits per heavy atom. The van der Waals surface area contributed by atoms with Crippen LogP contribution in [-0.4, -0.2) is 23.7 Å². The van der Waals surface area contributed by atoms with Crippen molar-refractivity contribution in [2.75, 3.05) is 6.54 Å². The van der Waals surface area contributed by atoms with Gasteiger partial charge in [0.05, 0.1) is 18.2 Å². The molecular formula is C13H15F3N2. The van der Waals surface area contributed by atoms with Gasteiger partial charge in [0.2, 0.25) is 0 Å². The van der Waals surface area contributed by atoms with Crippen molar-refractivity contribution in [3.8, 4) is 6.07 Å². The maximum absolute atomic E-state index is 12.4. The average molecular weight is 256 g/mol. The molecule has 98 valence electrons. The van der Waals surface area contributed by atoms with Crippen LogP contribution in [0.1, 0.15) is 25.0 Å². The standard InChI is InChI=1S/C13H15F3N2/c1-10(2)18(9-13(14,15)16)8-12-5-3-11(7-17)4-6-12/h3-6,10H,8-9H2,1-2H3. The first-order valence-corrected chi connectivity index (χ1v) is 5.61. The van der Waals surface area contributed by atoms with E-state index in [4.69, 9.17) is 5.26 Å². The van der Waals surface area contributed by atoms with Crippen LogP contribution in [0.4, 0.5) is 13.2 Å². The van der Waals surface area contributed by atoms with Crippen LogP contribution in [0, 0.1) is 11.3 Å². The molecule has 0 aliphatic rings. The van der Waals surface area contributed by atoms with Gasteiger partial charge in [0.15, 0.2) is 0 Å². The molecule has 0 fully saturated rings. The molecule has 1 aromatic rings. The molecular weight excluding hydrogens is 241 g/mol. The van der Waals surface area contributed by atoms with Crippen LogP contribution >= 0.6 is 0 Å². The van der Waals surface area contributed by atoms with Gasteiger partial charge in [-0.25, -0.2) is 0 Å². The van der Waals surface area contributed by atoms with Gasteiger partial charge in [-0.05, 0) is 31.5 Å². The summed E-state index contributed by atoms with van der Waals surface area (Å²) in [5, 5.41) is 8.64. The fourth-order valence-electron chi connectivity index (χ4n) is 1.57. The van der Waals surface area contributed by atoms with Gasteiger partial charge in [-0.1, -0.05) is 12.1 Å². The molecule has 0 N–H and O–H groups in total. The van der Waals surface area contributed by atoms with Gasteiger partial charge in [-0.2, -0.15) is 18.4 Å². The SMILES string of the molecule is CC(C)N(Cc1ccc(C#N)cc1)CC(F)(F)F. The van der Waals surface area contributed by atoms with Crippen LogP contribution in [0.25, 0.3) is 0 Å². The summed E-state index contributed by atoms with van der Waals surface area (Å²) in [6.45, 7) is 2.76. The highest BCUT2D eigenvalue weighted by atomic mass is 19.4. The Balaban J connectivity index is 2.74. The molecule has 0 radical (unpaired) electrons. The summed E-state index contributed by atoms with van der Waals surface area (Å²) in [6, 6.07) is 8.38. The van der Waals surface area contributed by atoms with Crippen molar-refractivity contribution in [2.24, 2.45) is 0 Å². The summed E-state index contributed by atoms with van der Waals surface area (Å²) in [4.78, 5) is 1.35. The van der Waals surface area contributed by atoms with Crippen LogP contribution in [0.5, 0.6) is 0 Å². The lowest BCUT2D eigenvalue weighted by molar-refractivity contribution is -0.150. The van der Waals surface area contributed by atoms with Crippen LogP contribution in [0.3, 0.4) is 0 Å². The Bertz CT molecular complexity index is 415. The number of rotatable bonds is 4. The Morgan fingerprint density at radius 2 is 1.78 bits per heavy atom. The lowest BCUT2D eigenvalue weighted by atomic mass is 10.1. The van der Waals surface area contributed by atoms with Crippen LogP contribution in [-0.2, 0) is 6.54 Å². The van der Waals surface area contributed by atoms with Crippen LogP contribution in [0.15, 0.2) is 24.3 Å². The fraction of sp³-hybridized carbons (Fsp3) is 0.462. The molecule has 1 rings (SSSR count). The Morgan fingerprint density at radius 1 is 1.22 bits per heavy atom. The molecule has 0 heterocycles. The number of halogens is 3. The number of nitriles is 1. The van der Waals surface area contributed by atoms with Crippen LogP contribution < -0.4 is 0 Å². The van der Waals surface area contributed by atoms with E-state index in [1.165, 1.54) is 4.90 Å². The van der Waals surface area contributed by atoms with E-state index in [0.29, 0.717) is 5.56 Å². The predicted molar refractivity (Wildman–Crippen MR) is 62.8 cm³/mol. The van der Waals surface area contributed by atoms with E-state index in [2.05, 4.69) is 0 Å². The zero-order chi connectivity index (χ0) is 13.8. The smallest absolute Gasteiger partial charge is 0.288 e. The third-order valence-corrected chi connectivity index (χ3v) is 2.58. The third-order valence-electron chi connectivity index (χ3n) is 2.58.